The van der Waals surface area contributed by atoms with E-state index in [0.717, 1.165) is 6.42 Å². The Labute approximate surface area is 117 Å². The summed E-state index contributed by atoms with van der Waals surface area (Å²) in [5.74, 6) is -1.28. The summed E-state index contributed by atoms with van der Waals surface area (Å²) >= 11 is 0. The van der Waals surface area contributed by atoms with Crippen LogP contribution in [0.3, 0.4) is 0 Å². The first-order valence-electron chi connectivity index (χ1n) is 6.35. The van der Waals surface area contributed by atoms with Crippen LogP contribution in [0.5, 0.6) is 0 Å². The van der Waals surface area contributed by atoms with Gasteiger partial charge >= 0.3 is 12.0 Å². The zero-order chi connectivity index (χ0) is 15.0. The number of ether oxygens (including phenoxy) is 1. The molecule has 20 heavy (non-hydrogen) atoms. The SMILES string of the molecule is CC[C@@H](C)NC(=O)NC(=O)COC(=O)c1ccccc1. The van der Waals surface area contributed by atoms with Crippen LogP contribution in [0.4, 0.5) is 4.79 Å². The molecule has 0 saturated heterocycles. The minimum absolute atomic E-state index is 0.0327. The first-order valence-corrected chi connectivity index (χ1v) is 6.35. The van der Waals surface area contributed by atoms with Crippen molar-refractivity contribution in [2.24, 2.45) is 0 Å². The summed E-state index contributed by atoms with van der Waals surface area (Å²) in [6, 6.07) is 7.68. The maximum atomic E-state index is 11.6. The molecule has 1 aromatic carbocycles. The zero-order valence-corrected chi connectivity index (χ0v) is 11.5. The topological polar surface area (TPSA) is 84.5 Å². The summed E-state index contributed by atoms with van der Waals surface area (Å²) in [5, 5.41) is 4.65. The van der Waals surface area contributed by atoms with Crippen LogP contribution in [0.2, 0.25) is 0 Å². The molecule has 1 aromatic rings. The lowest BCUT2D eigenvalue weighted by atomic mass is 10.2. The number of nitrogens with one attached hydrogen (secondary N) is 2. The third kappa shape index (κ3) is 5.51. The van der Waals surface area contributed by atoms with E-state index in [1.54, 1.807) is 30.3 Å². The van der Waals surface area contributed by atoms with E-state index in [9.17, 15) is 14.4 Å². The van der Waals surface area contributed by atoms with Crippen molar-refractivity contribution in [3.05, 3.63) is 35.9 Å². The molecule has 0 radical (unpaired) electrons. The Morgan fingerprint density at radius 2 is 1.85 bits per heavy atom. The van der Waals surface area contributed by atoms with Crippen LogP contribution >= 0.6 is 0 Å². The van der Waals surface area contributed by atoms with Crippen LogP contribution in [0.25, 0.3) is 0 Å². The Morgan fingerprint density at radius 1 is 1.20 bits per heavy atom. The number of amides is 3. The van der Waals surface area contributed by atoms with Crippen molar-refractivity contribution >= 4 is 17.9 Å². The Bertz CT molecular complexity index is 473. The standard InChI is InChI=1S/C14H18N2O4/c1-3-10(2)15-14(19)16-12(17)9-20-13(18)11-7-5-4-6-8-11/h4-8,10H,3,9H2,1-2H3,(H2,15,16,17,19)/t10-/m1/s1. The van der Waals surface area contributed by atoms with Crippen molar-refractivity contribution in [3.8, 4) is 0 Å². The second-order valence-electron chi connectivity index (χ2n) is 4.27. The highest BCUT2D eigenvalue weighted by molar-refractivity contribution is 5.97. The first-order chi connectivity index (χ1) is 9.52. The van der Waals surface area contributed by atoms with Gasteiger partial charge in [-0.2, -0.15) is 0 Å². The van der Waals surface area contributed by atoms with Crippen LogP contribution < -0.4 is 10.6 Å². The molecule has 0 aliphatic carbocycles. The van der Waals surface area contributed by atoms with Crippen molar-refractivity contribution in [2.45, 2.75) is 26.3 Å². The molecule has 0 fully saturated rings. The van der Waals surface area contributed by atoms with E-state index < -0.39 is 24.5 Å². The van der Waals surface area contributed by atoms with Gasteiger partial charge in [-0.1, -0.05) is 25.1 Å². The number of urea groups is 1. The van der Waals surface area contributed by atoms with Gasteiger partial charge in [0.2, 0.25) is 0 Å². The second kappa shape index (κ2) is 7.93. The summed E-state index contributed by atoms with van der Waals surface area (Å²) in [4.78, 5) is 34.3. The molecule has 6 nitrogen and oxygen atoms in total. The molecule has 0 aliphatic heterocycles. The molecule has 0 unspecified atom stereocenters. The Kier molecular flexibility index (Phi) is 6.22. The smallest absolute Gasteiger partial charge is 0.338 e. The Hall–Kier alpha value is -2.37. The molecule has 2 N–H and O–H groups in total. The van der Waals surface area contributed by atoms with Gasteiger partial charge in [-0.05, 0) is 25.5 Å². The second-order valence-corrected chi connectivity index (χ2v) is 4.27. The fourth-order valence-electron chi connectivity index (χ4n) is 1.31. The van der Waals surface area contributed by atoms with E-state index in [1.807, 2.05) is 13.8 Å². The summed E-state index contributed by atoms with van der Waals surface area (Å²) in [7, 11) is 0. The predicted molar refractivity (Wildman–Crippen MR) is 73.2 cm³/mol. The van der Waals surface area contributed by atoms with Gasteiger partial charge in [0.1, 0.15) is 0 Å². The average molecular weight is 278 g/mol. The molecule has 0 heterocycles. The lowest BCUT2D eigenvalue weighted by molar-refractivity contribution is -0.123. The van der Waals surface area contributed by atoms with E-state index >= 15 is 0 Å². The maximum absolute atomic E-state index is 11.6. The first kappa shape index (κ1) is 15.7. The lowest BCUT2D eigenvalue weighted by Gasteiger charge is -2.11. The minimum atomic E-state index is -0.671. The van der Waals surface area contributed by atoms with Gasteiger partial charge in [-0.3, -0.25) is 10.1 Å². The van der Waals surface area contributed by atoms with E-state index in [1.165, 1.54) is 0 Å². The van der Waals surface area contributed by atoms with Crippen molar-refractivity contribution in [1.29, 1.82) is 0 Å². The molecule has 108 valence electrons. The van der Waals surface area contributed by atoms with E-state index in [2.05, 4.69) is 10.6 Å². The molecular weight excluding hydrogens is 260 g/mol. The van der Waals surface area contributed by atoms with Crippen molar-refractivity contribution in [2.75, 3.05) is 6.61 Å². The lowest BCUT2D eigenvalue weighted by Crippen LogP contribution is -2.44. The molecule has 3 amide bonds. The van der Waals surface area contributed by atoms with Gasteiger partial charge in [0.05, 0.1) is 5.56 Å². The highest BCUT2D eigenvalue weighted by Crippen LogP contribution is 2.00. The normalized spacial score (nSPS) is 11.3. The monoisotopic (exact) mass is 278 g/mol. The summed E-state index contributed by atoms with van der Waals surface area (Å²) < 4.78 is 4.79. The summed E-state index contributed by atoms with van der Waals surface area (Å²) in [6.45, 7) is 3.23. The fraction of sp³-hybridized carbons (Fsp3) is 0.357. The molecular formula is C14H18N2O4. The van der Waals surface area contributed by atoms with Gasteiger partial charge in [0.25, 0.3) is 5.91 Å². The number of hydrogen-bond acceptors (Lipinski definition) is 4. The number of carbonyl (C=O) groups is 3. The fourth-order valence-corrected chi connectivity index (χ4v) is 1.31. The molecule has 0 aliphatic rings. The maximum Gasteiger partial charge on any atom is 0.338 e. The van der Waals surface area contributed by atoms with Crippen LogP contribution in [0.15, 0.2) is 30.3 Å². The number of hydrogen-bond donors (Lipinski definition) is 2. The quantitative estimate of drug-likeness (QED) is 0.799. The highest BCUT2D eigenvalue weighted by Gasteiger charge is 2.12. The molecule has 1 rings (SSSR count). The number of benzene rings is 1. The van der Waals surface area contributed by atoms with Crippen molar-refractivity contribution in [1.82, 2.24) is 10.6 Å². The molecule has 0 saturated carbocycles. The van der Waals surface area contributed by atoms with Crippen molar-refractivity contribution in [3.63, 3.8) is 0 Å². The van der Waals surface area contributed by atoms with Crippen LogP contribution in [0.1, 0.15) is 30.6 Å². The average Bonchev–Trinajstić information content (AvgIpc) is 2.45. The number of imide groups is 1. The zero-order valence-electron chi connectivity index (χ0n) is 11.5. The largest absolute Gasteiger partial charge is 0.452 e. The molecule has 0 bridgehead atoms. The van der Waals surface area contributed by atoms with Crippen LogP contribution in [0, 0.1) is 0 Å². The third-order valence-electron chi connectivity index (χ3n) is 2.59. The number of carbonyl (C=O) groups excluding carboxylic acids is 3. The van der Waals surface area contributed by atoms with Gasteiger partial charge in [0.15, 0.2) is 6.61 Å². The molecule has 6 heteroatoms. The van der Waals surface area contributed by atoms with Gasteiger partial charge in [-0.15, -0.1) is 0 Å². The number of rotatable bonds is 5. The van der Waals surface area contributed by atoms with E-state index in [-0.39, 0.29) is 6.04 Å². The Balaban J connectivity index is 2.33. The predicted octanol–water partition coefficient (Wildman–Crippen LogP) is 1.47. The van der Waals surface area contributed by atoms with Gasteiger partial charge in [0, 0.05) is 6.04 Å². The van der Waals surface area contributed by atoms with Gasteiger partial charge < -0.3 is 10.1 Å². The van der Waals surface area contributed by atoms with Crippen molar-refractivity contribution < 1.29 is 19.1 Å². The summed E-state index contributed by atoms with van der Waals surface area (Å²) in [6.07, 6.45) is 0.755. The van der Waals surface area contributed by atoms with E-state index in [4.69, 9.17) is 4.74 Å². The molecule has 0 aromatic heterocycles. The molecule has 1 atom stereocenters. The van der Waals surface area contributed by atoms with E-state index in [0.29, 0.717) is 5.56 Å². The summed E-state index contributed by atoms with van der Waals surface area (Å²) in [5.41, 5.74) is 0.351. The van der Waals surface area contributed by atoms with Crippen LogP contribution in [-0.2, 0) is 9.53 Å². The number of esters is 1. The molecule has 0 spiro atoms. The van der Waals surface area contributed by atoms with Gasteiger partial charge in [-0.25, -0.2) is 9.59 Å². The minimum Gasteiger partial charge on any atom is -0.452 e. The van der Waals surface area contributed by atoms with Crippen LogP contribution in [-0.4, -0.2) is 30.6 Å². The Morgan fingerprint density at radius 3 is 2.45 bits per heavy atom. The highest BCUT2D eigenvalue weighted by atomic mass is 16.5. The third-order valence-corrected chi connectivity index (χ3v) is 2.59.